The van der Waals surface area contributed by atoms with Gasteiger partial charge >= 0.3 is 0 Å². The molecule has 4 heteroatoms. The summed E-state index contributed by atoms with van der Waals surface area (Å²) in [4.78, 5) is 2.43. The Morgan fingerprint density at radius 1 is 1.56 bits per heavy atom. The van der Waals surface area contributed by atoms with Gasteiger partial charge in [0.1, 0.15) is 6.10 Å². The zero-order valence-electron chi connectivity index (χ0n) is 10.4. The second-order valence-corrected chi connectivity index (χ2v) is 4.52. The Labute approximate surface area is 97.2 Å². The lowest BCUT2D eigenvalue weighted by atomic mass is 10.1. The van der Waals surface area contributed by atoms with E-state index in [0.717, 1.165) is 31.1 Å². The zero-order valence-corrected chi connectivity index (χ0v) is 10.4. The molecule has 0 N–H and O–H groups in total. The lowest BCUT2D eigenvalue weighted by Crippen LogP contribution is -2.40. The van der Waals surface area contributed by atoms with Crippen LogP contribution in [-0.4, -0.2) is 40.4 Å². The average molecular weight is 223 g/mol. The summed E-state index contributed by atoms with van der Waals surface area (Å²) in [5, 5.41) is 4.33. The van der Waals surface area contributed by atoms with Crippen LogP contribution in [0.25, 0.3) is 0 Å². The molecule has 1 aromatic rings. The highest BCUT2D eigenvalue weighted by Gasteiger charge is 2.20. The molecular weight excluding hydrogens is 202 g/mol. The van der Waals surface area contributed by atoms with Crippen molar-refractivity contribution in [2.24, 2.45) is 7.05 Å². The first-order chi connectivity index (χ1) is 7.69. The van der Waals surface area contributed by atoms with Crippen molar-refractivity contribution in [3.05, 3.63) is 11.8 Å². The van der Waals surface area contributed by atoms with Crippen LogP contribution in [0.3, 0.4) is 0 Å². The van der Waals surface area contributed by atoms with Crippen LogP contribution in [0.4, 0.5) is 0 Å². The summed E-state index contributed by atoms with van der Waals surface area (Å²) >= 11 is 0. The fourth-order valence-electron chi connectivity index (χ4n) is 2.15. The molecule has 2 heterocycles. The average Bonchev–Trinajstić information content (AvgIpc) is 2.58. The third-order valence-corrected chi connectivity index (χ3v) is 3.29. The summed E-state index contributed by atoms with van der Waals surface area (Å²) in [6, 6.07) is 2.00. The highest BCUT2D eigenvalue weighted by molar-refractivity contribution is 5.14. The predicted octanol–water partition coefficient (Wildman–Crippen LogP) is 1.59. The lowest BCUT2D eigenvalue weighted by Gasteiger charge is -2.31. The van der Waals surface area contributed by atoms with Crippen molar-refractivity contribution in [1.29, 1.82) is 0 Å². The molecule has 0 radical (unpaired) electrons. The SMILES string of the molecule is CCN1CCCC(Oc2cc(C)n(C)n2)C1. The fourth-order valence-corrected chi connectivity index (χ4v) is 2.15. The van der Waals surface area contributed by atoms with Gasteiger partial charge in [-0.25, -0.2) is 0 Å². The number of ether oxygens (including phenoxy) is 1. The van der Waals surface area contributed by atoms with Gasteiger partial charge in [-0.3, -0.25) is 9.58 Å². The molecule has 1 aliphatic heterocycles. The molecule has 16 heavy (non-hydrogen) atoms. The van der Waals surface area contributed by atoms with Gasteiger partial charge in [0.15, 0.2) is 0 Å². The van der Waals surface area contributed by atoms with Gasteiger partial charge in [-0.2, -0.15) is 0 Å². The summed E-state index contributed by atoms with van der Waals surface area (Å²) in [5.41, 5.74) is 1.14. The molecule has 1 atom stereocenters. The number of aromatic nitrogens is 2. The largest absolute Gasteiger partial charge is 0.472 e. The number of nitrogens with zero attached hydrogens (tertiary/aromatic N) is 3. The Morgan fingerprint density at radius 2 is 2.38 bits per heavy atom. The maximum atomic E-state index is 5.92. The molecule has 1 aliphatic rings. The number of likely N-dealkylation sites (tertiary alicyclic amines) is 1. The first kappa shape index (κ1) is 11.5. The van der Waals surface area contributed by atoms with Gasteiger partial charge in [0.25, 0.3) is 0 Å². The molecule has 0 aromatic carbocycles. The molecule has 0 spiro atoms. The van der Waals surface area contributed by atoms with Crippen molar-refractivity contribution < 1.29 is 4.74 Å². The Bertz CT molecular complexity index is 329. The van der Waals surface area contributed by atoms with Gasteiger partial charge < -0.3 is 4.74 Å². The minimum Gasteiger partial charge on any atom is -0.472 e. The normalized spacial score (nSPS) is 22.3. The third kappa shape index (κ3) is 2.55. The standard InChI is InChI=1S/C12H21N3O/c1-4-15-7-5-6-11(9-15)16-12-8-10(2)14(3)13-12/h8,11H,4-7,9H2,1-3H3. The summed E-state index contributed by atoms with van der Waals surface area (Å²) in [6.07, 6.45) is 2.68. The molecule has 1 aromatic heterocycles. The number of hydrogen-bond acceptors (Lipinski definition) is 3. The molecule has 1 unspecified atom stereocenters. The quantitative estimate of drug-likeness (QED) is 0.779. The first-order valence-corrected chi connectivity index (χ1v) is 6.08. The van der Waals surface area contributed by atoms with E-state index < -0.39 is 0 Å². The maximum absolute atomic E-state index is 5.92. The number of likely N-dealkylation sites (N-methyl/N-ethyl adjacent to an activating group) is 1. The Hall–Kier alpha value is -1.03. The van der Waals surface area contributed by atoms with Gasteiger partial charge in [-0.1, -0.05) is 6.92 Å². The lowest BCUT2D eigenvalue weighted by molar-refractivity contribution is 0.0878. The van der Waals surface area contributed by atoms with E-state index in [2.05, 4.69) is 16.9 Å². The molecule has 2 rings (SSSR count). The van der Waals surface area contributed by atoms with Crippen molar-refractivity contribution in [2.45, 2.75) is 32.8 Å². The third-order valence-electron chi connectivity index (χ3n) is 3.29. The highest BCUT2D eigenvalue weighted by atomic mass is 16.5. The smallest absolute Gasteiger partial charge is 0.233 e. The molecule has 0 bridgehead atoms. The van der Waals surface area contributed by atoms with Gasteiger partial charge in [0, 0.05) is 25.4 Å². The Kier molecular flexibility index (Phi) is 3.49. The van der Waals surface area contributed by atoms with Crippen molar-refractivity contribution in [2.75, 3.05) is 19.6 Å². The van der Waals surface area contributed by atoms with Crippen LogP contribution in [0.2, 0.25) is 0 Å². The fraction of sp³-hybridized carbons (Fsp3) is 0.750. The second-order valence-electron chi connectivity index (χ2n) is 4.52. The van der Waals surface area contributed by atoms with E-state index in [1.807, 2.05) is 24.7 Å². The molecule has 4 nitrogen and oxygen atoms in total. The summed E-state index contributed by atoms with van der Waals surface area (Å²) in [6.45, 7) is 7.59. The molecular formula is C12H21N3O. The summed E-state index contributed by atoms with van der Waals surface area (Å²) in [7, 11) is 1.95. The monoisotopic (exact) mass is 223 g/mol. The molecule has 1 saturated heterocycles. The van der Waals surface area contributed by atoms with Crippen LogP contribution in [0, 0.1) is 6.92 Å². The topological polar surface area (TPSA) is 30.3 Å². The molecule has 0 amide bonds. The minimum atomic E-state index is 0.308. The van der Waals surface area contributed by atoms with E-state index in [1.54, 1.807) is 0 Å². The summed E-state index contributed by atoms with van der Waals surface area (Å²) < 4.78 is 7.77. The zero-order chi connectivity index (χ0) is 11.5. The molecule has 90 valence electrons. The van der Waals surface area contributed by atoms with Crippen molar-refractivity contribution in [1.82, 2.24) is 14.7 Å². The highest BCUT2D eigenvalue weighted by Crippen LogP contribution is 2.17. The van der Waals surface area contributed by atoms with Crippen LogP contribution in [-0.2, 0) is 7.05 Å². The van der Waals surface area contributed by atoms with E-state index >= 15 is 0 Å². The van der Waals surface area contributed by atoms with Crippen molar-refractivity contribution in [3.63, 3.8) is 0 Å². The number of piperidine rings is 1. The molecule has 1 fully saturated rings. The van der Waals surface area contributed by atoms with Crippen LogP contribution in [0.15, 0.2) is 6.07 Å². The number of aryl methyl sites for hydroxylation is 2. The van der Waals surface area contributed by atoms with Crippen LogP contribution >= 0.6 is 0 Å². The van der Waals surface area contributed by atoms with E-state index in [9.17, 15) is 0 Å². The van der Waals surface area contributed by atoms with Crippen LogP contribution in [0.1, 0.15) is 25.5 Å². The Balaban J connectivity index is 1.93. The minimum absolute atomic E-state index is 0.308. The van der Waals surface area contributed by atoms with E-state index in [1.165, 1.54) is 13.0 Å². The van der Waals surface area contributed by atoms with Gasteiger partial charge in [-0.15, -0.1) is 5.10 Å². The Morgan fingerprint density at radius 3 is 3.00 bits per heavy atom. The van der Waals surface area contributed by atoms with Crippen LogP contribution in [0.5, 0.6) is 5.88 Å². The number of hydrogen-bond donors (Lipinski definition) is 0. The van der Waals surface area contributed by atoms with Crippen LogP contribution < -0.4 is 4.74 Å². The summed E-state index contributed by atoms with van der Waals surface area (Å²) in [5.74, 6) is 0.767. The second kappa shape index (κ2) is 4.87. The molecule has 0 aliphatic carbocycles. The van der Waals surface area contributed by atoms with Gasteiger partial charge in [0.2, 0.25) is 5.88 Å². The van der Waals surface area contributed by atoms with Gasteiger partial charge in [0.05, 0.1) is 0 Å². The van der Waals surface area contributed by atoms with E-state index in [0.29, 0.717) is 6.10 Å². The van der Waals surface area contributed by atoms with Crippen molar-refractivity contribution >= 4 is 0 Å². The van der Waals surface area contributed by atoms with E-state index in [-0.39, 0.29) is 0 Å². The maximum Gasteiger partial charge on any atom is 0.233 e. The molecule has 0 saturated carbocycles. The number of rotatable bonds is 3. The van der Waals surface area contributed by atoms with E-state index in [4.69, 9.17) is 4.74 Å². The van der Waals surface area contributed by atoms with Gasteiger partial charge in [-0.05, 0) is 32.9 Å². The predicted molar refractivity (Wildman–Crippen MR) is 63.7 cm³/mol. The first-order valence-electron chi connectivity index (χ1n) is 6.08. The van der Waals surface area contributed by atoms with Crippen molar-refractivity contribution in [3.8, 4) is 5.88 Å².